The minimum Gasteiger partial charge on any atom is -0.546 e. The van der Waals surface area contributed by atoms with Crippen LogP contribution in [0.25, 0.3) is 0 Å². The standard InChI is InChI=1S/C23H47NO4Si2/c1-17(2)19-14-18(28-29(9,10)11)15-24(21(25)27-22(3,4)5)20(19)16-26-30(12,13)23(6,7)8/h14,17,19-20H,15-16H2,1-13H3/t19?,20-/m1/s1. The highest BCUT2D eigenvalue weighted by molar-refractivity contribution is 6.74. The van der Waals surface area contributed by atoms with Crippen molar-refractivity contribution in [3.63, 3.8) is 0 Å². The molecule has 0 aliphatic carbocycles. The van der Waals surface area contributed by atoms with E-state index in [0.717, 1.165) is 5.76 Å². The summed E-state index contributed by atoms with van der Waals surface area (Å²) in [5.41, 5.74) is -0.545. The third-order valence-corrected chi connectivity index (χ3v) is 11.2. The monoisotopic (exact) mass is 457 g/mol. The molecule has 2 atom stereocenters. The second-order valence-corrected chi connectivity index (χ2v) is 21.7. The zero-order valence-corrected chi connectivity index (χ0v) is 23.8. The molecule has 0 spiro atoms. The van der Waals surface area contributed by atoms with Crippen molar-refractivity contribution in [3.8, 4) is 0 Å². The maximum atomic E-state index is 13.2. The van der Waals surface area contributed by atoms with Crippen molar-refractivity contribution in [1.29, 1.82) is 0 Å². The zero-order valence-electron chi connectivity index (χ0n) is 21.8. The summed E-state index contributed by atoms with van der Waals surface area (Å²) in [7, 11) is -3.73. The van der Waals surface area contributed by atoms with E-state index in [2.05, 4.69) is 73.4 Å². The van der Waals surface area contributed by atoms with Gasteiger partial charge in [-0.3, -0.25) is 4.90 Å². The molecule has 1 unspecified atom stereocenters. The minimum absolute atomic E-state index is 0.0667. The number of hydrogen-bond acceptors (Lipinski definition) is 4. The summed E-state index contributed by atoms with van der Waals surface area (Å²) in [5.74, 6) is 1.40. The third-order valence-electron chi connectivity index (χ3n) is 5.81. The van der Waals surface area contributed by atoms with Crippen molar-refractivity contribution in [2.45, 2.75) is 105 Å². The molecule has 7 heteroatoms. The molecule has 1 amide bonds. The van der Waals surface area contributed by atoms with Crippen molar-refractivity contribution in [3.05, 3.63) is 11.8 Å². The molecule has 1 aliphatic heterocycles. The average molecular weight is 458 g/mol. The predicted octanol–water partition coefficient (Wildman–Crippen LogP) is 6.64. The van der Waals surface area contributed by atoms with Crippen LogP contribution in [-0.4, -0.2) is 52.4 Å². The van der Waals surface area contributed by atoms with Crippen LogP contribution in [0.3, 0.4) is 0 Å². The Hall–Kier alpha value is -0.796. The summed E-state index contributed by atoms with van der Waals surface area (Å²) in [4.78, 5) is 15.1. The smallest absolute Gasteiger partial charge is 0.411 e. The van der Waals surface area contributed by atoms with Crippen molar-refractivity contribution in [2.24, 2.45) is 11.8 Å². The fourth-order valence-corrected chi connectivity index (χ4v) is 5.14. The predicted molar refractivity (Wildman–Crippen MR) is 131 cm³/mol. The molecule has 1 rings (SSSR count). The molecule has 5 nitrogen and oxygen atoms in total. The number of hydrogen-bond donors (Lipinski definition) is 0. The van der Waals surface area contributed by atoms with Gasteiger partial charge in [-0.1, -0.05) is 34.6 Å². The van der Waals surface area contributed by atoms with Gasteiger partial charge in [0, 0.05) is 5.92 Å². The van der Waals surface area contributed by atoms with Gasteiger partial charge >= 0.3 is 6.09 Å². The van der Waals surface area contributed by atoms with Crippen LogP contribution in [0.4, 0.5) is 4.79 Å². The summed E-state index contributed by atoms with van der Waals surface area (Å²) >= 11 is 0. The Kier molecular flexibility index (Phi) is 8.50. The van der Waals surface area contributed by atoms with E-state index < -0.39 is 22.2 Å². The van der Waals surface area contributed by atoms with Gasteiger partial charge in [0.1, 0.15) is 5.60 Å². The van der Waals surface area contributed by atoms with Crippen LogP contribution >= 0.6 is 0 Å². The van der Waals surface area contributed by atoms with Crippen LogP contribution in [0.1, 0.15) is 55.4 Å². The Bertz CT molecular complexity index is 625. The number of rotatable bonds is 6. The highest BCUT2D eigenvalue weighted by atomic mass is 28.4. The van der Waals surface area contributed by atoms with Crippen molar-refractivity contribution >= 4 is 22.7 Å². The van der Waals surface area contributed by atoms with Crippen LogP contribution in [-0.2, 0) is 13.6 Å². The van der Waals surface area contributed by atoms with Crippen molar-refractivity contribution in [1.82, 2.24) is 4.90 Å². The van der Waals surface area contributed by atoms with Crippen LogP contribution in [0.15, 0.2) is 11.8 Å². The first-order valence-corrected chi connectivity index (χ1v) is 17.6. The summed E-state index contributed by atoms with van der Waals surface area (Å²) < 4.78 is 18.7. The maximum absolute atomic E-state index is 13.2. The Balaban J connectivity index is 3.28. The quantitative estimate of drug-likeness (QED) is 0.420. The van der Waals surface area contributed by atoms with E-state index >= 15 is 0 Å². The molecule has 0 N–H and O–H groups in total. The van der Waals surface area contributed by atoms with Gasteiger partial charge in [0.2, 0.25) is 8.32 Å². The lowest BCUT2D eigenvalue weighted by atomic mass is 9.85. The van der Waals surface area contributed by atoms with Crippen LogP contribution in [0, 0.1) is 11.8 Å². The highest BCUT2D eigenvalue weighted by Gasteiger charge is 2.43. The molecule has 0 fully saturated rings. The van der Waals surface area contributed by atoms with Gasteiger partial charge in [-0.15, -0.1) is 0 Å². The zero-order chi connectivity index (χ0) is 23.7. The lowest BCUT2D eigenvalue weighted by Crippen LogP contribution is -2.55. The lowest BCUT2D eigenvalue weighted by Gasteiger charge is -2.45. The number of nitrogens with zero attached hydrogens (tertiary/aromatic N) is 1. The normalized spacial score (nSPS) is 21.5. The molecular weight excluding hydrogens is 410 g/mol. The van der Waals surface area contributed by atoms with Gasteiger partial charge in [-0.2, -0.15) is 0 Å². The van der Waals surface area contributed by atoms with Gasteiger partial charge in [0.05, 0.1) is 25.0 Å². The molecule has 0 radical (unpaired) electrons. The molecule has 176 valence electrons. The molecule has 1 aliphatic rings. The molecule has 0 aromatic rings. The fraction of sp³-hybridized carbons (Fsp3) is 0.870. The number of ether oxygens (including phenoxy) is 1. The largest absolute Gasteiger partial charge is 0.546 e. The van der Waals surface area contributed by atoms with E-state index in [1.165, 1.54) is 0 Å². The molecular formula is C23H47NO4Si2. The molecule has 0 aromatic heterocycles. The van der Waals surface area contributed by atoms with Gasteiger partial charge in [-0.05, 0) is 70.5 Å². The Morgan fingerprint density at radius 1 is 1.10 bits per heavy atom. The van der Waals surface area contributed by atoms with E-state index in [1.807, 2.05) is 25.7 Å². The molecule has 30 heavy (non-hydrogen) atoms. The highest BCUT2D eigenvalue weighted by Crippen LogP contribution is 2.38. The summed E-state index contributed by atoms with van der Waals surface area (Å²) in [6, 6.07) is -0.0667. The lowest BCUT2D eigenvalue weighted by molar-refractivity contribution is -0.00268. The van der Waals surface area contributed by atoms with Gasteiger partial charge < -0.3 is 13.6 Å². The number of carbonyl (C=O) groups is 1. The SMILES string of the molecule is CC(C)C1C=C(O[Si](C)(C)C)CN(C(=O)OC(C)(C)C)[C@@H]1CO[Si](C)(C)C(C)(C)C. The molecule has 0 saturated heterocycles. The first kappa shape index (κ1) is 27.2. The van der Waals surface area contributed by atoms with E-state index in [-0.39, 0.29) is 23.1 Å². The van der Waals surface area contributed by atoms with Gasteiger partial charge in [0.25, 0.3) is 0 Å². The maximum Gasteiger partial charge on any atom is 0.411 e. The topological polar surface area (TPSA) is 48.0 Å². The first-order valence-electron chi connectivity index (χ1n) is 11.3. The minimum atomic E-state index is -1.94. The molecule has 1 heterocycles. The number of amides is 1. The molecule has 0 saturated carbocycles. The Morgan fingerprint density at radius 3 is 2.03 bits per heavy atom. The Morgan fingerprint density at radius 2 is 1.63 bits per heavy atom. The first-order chi connectivity index (χ1) is 13.2. The molecule has 0 aromatic carbocycles. The Labute approximate surface area is 187 Å². The van der Waals surface area contributed by atoms with E-state index in [4.69, 9.17) is 13.6 Å². The summed E-state index contributed by atoms with van der Waals surface area (Å²) in [6.45, 7) is 28.8. The summed E-state index contributed by atoms with van der Waals surface area (Å²) in [5, 5.41) is 0.119. The van der Waals surface area contributed by atoms with E-state index in [1.54, 1.807) is 0 Å². The van der Waals surface area contributed by atoms with Crippen LogP contribution in [0.5, 0.6) is 0 Å². The van der Waals surface area contributed by atoms with Gasteiger partial charge in [0.15, 0.2) is 8.32 Å². The third kappa shape index (κ3) is 8.04. The fourth-order valence-electron chi connectivity index (χ4n) is 3.20. The molecule has 0 bridgehead atoms. The average Bonchev–Trinajstić information content (AvgIpc) is 2.48. The van der Waals surface area contributed by atoms with Crippen molar-refractivity contribution < 1.29 is 18.4 Å². The second-order valence-electron chi connectivity index (χ2n) is 12.4. The van der Waals surface area contributed by atoms with E-state index in [0.29, 0.717) is 19.1 Å². The van der Waals surface area contributed by atoms with Crippen LogP contribution < -0.4 is 0 Å². The second kappa shape index (κ2) is 9.37. The number of carbonyl (C=O) groups excluding carboxylic acids is 1. The van der Waals surface area contributed by atoms with Crippen LogP contribution in [0.2, 0.25) is 37.8 Å². The van der Waals surface area contributed by atoms with Gasteiger partial charge in [-0.25, -0.2) is 4.79 Å². The summed E-state index contributed by atoms with van der Waals surface area (Å²) in [6.07, 6.45) is 1.95. The van der Waals surface area contributed by atoms with Crippen molar-refractivity contribution in [2.75, 3.05) is 13.2 Å². The van der Waals surface area contributed by atoms with E-state index in [9.17, 15) is 4.79 Å².